The van der Waals surface area contributed by atoms with Gasteiger partial charge in [0.2, 0.25) is 5.91 Å². The second-order valence-electron chi connectivity index (χ2n) is 8.94. The lowest BCUT2D eigenvalue weighted by Crippen LogP contribution is -2.43. The van der Waals surface area contributed by atoms with Crippen LogP contribution in [0.4, 0.5) is 4.39 Å². The van der Waals surface area contributed by atoms with E-state index in [2.05, 4.69) is 29.2 Å². The van der Waals surface area contributed by atoms with Gasteiger partial charge in [-0.2, -0.15) is 5.10 Å². The average molecular weight is 384 g/mol. The second kappa shape index (κ2) is 7.66. The maximum Gasteiger partial charge on any atom is 0.234 e. The predicted octanol–water partition coefficient (Wildman–Crippen LogP) is 3.63. The lowest BCUT2D eigenvalue weighted by atomic mass is 9.74. The average Bonchev–Trinajstić information content (AvgIpc) is 3.05. The van der Waals surface area contributed by atoms with Crippen LogP contribution in [0.2, 0.25) is 0 Å². The summed E-state index contributed by atoms with van der Waals surface area (Å²) in [6.07, 6.45) is 7.17. The highest BCUT2D eigenvalue weighted by molar-refractivity contribution is 5.78. The van der Waals surface area contributed by atoms with Crippen molar-refractivity contribution in [3.05, 3.63) is 47.5 Å². The van der Waals surface area contributed by atoms with Crippen molar-refractivity contribution in [2.45, 2.75) is 52.0 Å². The molecule has 4 rings (SSSR count). The van der Waals surface area contributed by atoms with Crippen molar-refractivity contribution in [1.82, 2.24) is 20.0 Å². The number of nitrogens with one attached hydrogen (secondary N) is 1. The molecule has 1 amide bonds. The van der Waals surface area contributed by atoms with Gasteiger partial charge in [0, 0.05) is 5.56 Å². The van der Waals surface area contributed by atoms with Crippen LogP contribution >= 0.6 is 0 Å². The van der Waals surface area contributed by atoms with E-state index < -0.39 is 0 Å². The Morgan fingerprint density at radius 2 is 2.07 bits per heavy atom. The van der Waals surface area contributed by atoms with Gasteiger partial charge >= 0.3 is 0 Å². The molecule has 1 saturated heterocycles. The third-order valence-corrected chi connectivity index (χ3v) is 5.88. The maximum atomic E-state index is 13.7. The van der Waals surface area contributed by atoms with Crippen LogP contribution in [-0.2, 0) is 11.2 Å². The minimum absolute atomic E-state index is 0.0289. The predicted molar refractivity (Wildman–Crippen MR) is 107 cm³/mol. The van der Waals surface area contributed by atoms with E-state index in [-0.39, 0.29) is 23.2 Å². The largest absolute Gasteiger partial charge is 0.348 e. The van der Waals surface area contributed by atoms with Gasteiger partial charge in [0.05, 0.1) is 30.2 Å². The van der Waals surface area contributed by atoms with Crippen LogP contribution in [0.5, 0.6) is 0 Å². The zero-order valence-electron chi connectivity index (χ0n) is 16.7. The van der Waals surface area contributed by atoms with E-state index in [1.165, 1.54) is 31.4 Å². The Morgan fingerprint density at radius 1 is 1.29 bits per heavy atom. The van der Waals surface area contributed by atoms with E-state index in [1.54, 1.807) is 6.07 Å². The number of hydrogen-bond donors (Lipinski definition) is 1. The number of carbonyl (C=O) groups excluding carboxylic acids is 1. The van der Waals surface area contributed by atoms with Gasteiger partial charge in [0.1, 0.15) is 5.82 Å². The van der Waals surface area contributed by atoms with E-state index in [0.29, 0.717) is 6.54 Å². The monoisotopic (exact) mass is 384 g/mol. The number of amides is 1. The first-order chi connectivity index (χ1) is 13.4. The van der Waals surface area contributed by atoms with Crippen molar-refractivity contribution >= 4 is 5.91 Å². The fourth-order valence-corrected chi connectivity index (χ4v) is 4.56. The lowest BCUT2D eigenvalue weighted by Gasteiger charge is -2.36. The molecule has 0 radical (unpaired) electrons. The second-order valence-corrected chi connectivity index (χ2v) is 8.94. The zero-order valence-corrected chi connectivity index (χ0v) is 16.7. The molecule has 28 heavy (non-hydrogen) atoms. The van der Waals surface area contributed by atoms with Crippen molar-refractivity contribution in [3.63, 3.8) is 0 Å². The third kappa shape index (κ3) is 4.12. The molecular weight excluding hydrogens is 355 g/mol. The first-order valence-corrected chi connectivity index (χ1v) is 10.3. The molecule has 2 aliphatic rings. The number of rotatable bonds is 4. The number of carbonyl (C=O) groups is 1. The molecule has 1 aromatic carbocycles. The van der Waals surface area contributed by atoms with Crippen LogP contribution in [0.25, 0.3) is 5.69 Å². The topological polar surface area (TPSA) is 50.2 Å². The van der Waals surface area contributed by atoms with Gasteiger partial charge in [-0.05, 0) is 62.4 Å². The summed E-state index contributed by atoms with van der Waals surface area (Å²) >= 11 is 0. The van der Waals surface area contributed by atoms with Gasteiger partial charge in [-0.25, -0.2) is 9.07 Å². The number of likely N-dealkylation sites (tertiary alicyclic amines) is 1. The molecule has 2 heterocycles. The van der Waals surface area contributed by atoms with Crippen molar-refractivity contribution in [2.75, 3.05) is 19.6 Å². The van der Waals surface area contributed by atoms with Crippen molar-refractivity contribution < 1.29 is 9.18 Å². The molecule has 1 unspecified atom stereocenters. The maximum absolute atomic E-state index is 13.7. The van der Waals surface area contributed by atoms with E-state index >= 15 is 0 Å². The van der Waals surface area contributed by atoms with E-state index in [1.807, 2.05) is 16.9 Å². The summed E-state index contributed by atoms with van der Waals surface area (Å²) in [7, 11) is 0. The molecule has 5 nitrogen and oxygen atoms in total. The fourth-order valence-electron chi connectivity index (χ4n) is 4.56. The van der Waals surface area contributed by atoms with Gasteiger partial charge in [0.25, 0.3) is 0 Å². The Bertz CT molecular complexity index is 854. The highest BCUT2D eigenvalue weighted by Crippen LogP contribution is 2.41. The Hall–Kier alpha value is -2.21. The van der Waals surface area contributed by atoms with Crippen molar-refractivity contribution in [2.24, 2.45) is 5.41 Å². The molecule has 150 valence electrons. The Balaban J connectivity index is 1.56. The first-order valence-electron chi connectivity index (χ1n) is 10.3. The Morgan fingerprint density at radius 3 is 2.82 bits per heavy atom. The SMILES string of the molecule is CC1(C)Cc2c(cnn2-c2cccc(F)c2)C(NC(=O)CN2CCCCC2)C1. The summed E-state index contributed by atoms with van der Waals surface area (Å²) in [5.74, 6) is -0.197. The molecule has 0 spiro atoms. The molecule has 1 atom stereocenters. The van der Waals surface area contributed by atoms with Crippen LogP contribution in [-0.4, -0.2) is 40.2 Å². The number of aromatic nitrogens is 2. The van der Waals surface area contributed by atoms with Crippen LogP contribution < -0.4 is 5.32 Å². The van der Waals surface area contributed by atoms with Crippen LogP contribution in [0.1, 0.15) is 56.8 Å². The number of hydrogen-bond acceptors (Lipinski definition) is 3. The number of fused-ring (bicyclic) bond motifs is 1. The zero-order chi connectivity index (χ0) is 19.7. The summed E-state index contributed by atoms with van der Waals surface area (Å²) < 4.78 is 15.5. The first kappa shape index (κ1) is 19.1. The quantitative estimate of drug-likeness (QED) is 0.876. The third-order valence-electron chi connectivity index (χ3n) is 5.88. The number of benzene rings is 1. The molecular formula is C22H29FN4O. The number of piperidine rings is 1. The van der Waals surface area contributed by atoms with Gasteiger partial charge < -0.3 is 5.32 Å². The van der Waals surface area contributed by atoms with Gasteiger partial charge in [0.15, 0.2) is 0 Å². The van der Waals surface area contributed by atoms with Crippen molar-refractivity contribution in [1.29, 1.82) is 0 Å². The van der Waals surface area contributed by atoms with Crippen LogP contribution in [0, 0.1) is 11.2 Å². The van der Waals surface area contributed by atoms with E-state index in [0.717, 1.165) is 42.9 Å². The van der Waals surface area contributed by atoms with Crippen LogP contribution in [0.3, 0.4) is 0 Å². The summed E-state index contributed by atoms with van der Waals surface area (Å²) in [5, 5.41) is 7.78. The lowest BCUT2D eigenvalue weighted by molar-refractivity contribution is -0.123. The Labute approximate surface area is 165 Å². The molecule has 1 aromatic heterocycles. The van der Waals surface area contributed by atoms with Gasteiger partial charge in [-0.3, -0.25) is 9.69 Å². The Kier molecular flexibility index (Phi) is 5.23. The number of nitrogens with zero attached hydrogens (tertiary/aromatic N) is 3. The summed E-state index contributed by atoms with van der Waals surface area (Å²) in [6.45, 7) is 6.90. The minimum Gasteiger partial charge on any atom is -0.348 e. The standard InChI is InChI=1S/C22H29FN4O/c1-22(2)12-19(25-21(28)15-26-9-4-3-5-10-26)18-14-24-27(20(18)13-22)17-8-6-7-16(23)11-17/h6-8,11,14,19H,3-5,9-10,12-13,15H2,1-2H3,(H,25,28). The van der Waals surface area contributed by atoms with Crippen molar-refractivity contribution in [3.8, 4) is 5.69 Å². The molecule has 1 fully saturated rings. The minimum atomic E-state index is -0.275. The van der Waals surface area contributed by atoms with Gasteiger partial charge in [-0.15, -0.1) is 0 Å². The van der Waals surface area contributed by atoms with E-state index in [9.17, 15) is 9.18 Å². The summed E-state index contributed by atoms with van der Waals surface area (Å²) in [4.78, 5) is 14.9. The molecule has 6 heteroatoms. The van der Waals surface area contributed by atoms with E-state index in [4.69, 9.17) is 0 Å². The highest BCUT2D eigenvalue weighted by atomic mass is 19.1. The van der Waals surface area contributed by atoms with Gasteiger partial charge in [-0.1, -0.05) is 26.3 Å². The fraction of sp³-hybridized carbons (Fsp3) is 0.545. The molecule has 2 aromatic rings. The summed E-state index contributed by atoms with van der Waals surface area (Å²) in [5.41, 5.74) is 2.86. The van der Waals surface area contributed by atoms with Crippen LogP contribution in [0.15, 0.2) is 30.5 Å². The molecule has 1 N–H and O–H groups in total. The number of halogens is 1. The highest BCUT2D eigenvalue weighted by Gasteiger charge is 2.36. The summed E-state index contributed by atoms with van der Waals surface area (Å²) in [6, 6.07) is 6.44. The molecule has 0 bridgehead atoms. The molecule has 1 aliphatic carbocycles. The smallest absolute Gasteiger partial charge is 0.234 e. The molecule has 1 aliphatic heterocycles. The normalized spacial score (nSPS) is 21.9. The molecule has 0 saturated carbocycles.